The van der Waals surface area contributed by atoms with Crippen LogP contribution >= 0.6 is 11.6 Å². The average molecular weight is 397 g/mol. The third-order valence-electron chi connectivity index (χ3n) is 3.89. The molecular weight excluding hydrogens is 376 g/mol. The van der Waals surface area contributed by atoms with Gasteiger partial charge in [-0.25, -0.2) is 9.97 Å². The van der Waals surface area contributed by atoms with Crippen molar-refractivity contribution in [2.24, 2.45) is 11.5 Å². The molecule has 1 amide bonds. The molecule has 0 spiro atoms. The molecule has 11 heteroatoms. The van der Waals surface area contributed by atoms with Crippen LogP contribution in [0.15, 0.2) is 18.3 Å². The molecule has 1 aliphatic carbocycles. The molecule has 10 nitrogen and oxygen atoms in total. The number of nitrogens with two attached hydrogens (primary N) is 2. The van der Waals surface area contributed by atoms with Crippen molar-refractivity contribution in [1.29, 1.82) is 0 Å². The van der Waals surface area contributed by atoms with Crippen LogP contribution in [0.4, 0.5) is 0 Å². The molecule has 0 radical (unpaired) electrons. The second kappa shape index (κ2) is 8.89. The molecule has 1 fully saturated rings. The summed E-state index contributed by atoms with van der Waals surface area (Å²) in [6, 6.07) is 3.09. The van der Waals surface area contributed by atoms with Crippen molar-refractivity contribution in [3.05, 3.63) is 35.0 Å². The molecule has 146 valence electrons. The van der Waals surface area contributed by atoms with Crippen LogP contribution in [0.25, 0.3) is 5.82 Å². The summed E-state index contributed by atoms with van der Waals surface area (Å²) in [5, 5.41) is 22.0. The molecule has 6 N–H and O–H groups in total. The van der Waals surface area contributed by atoms with Gasteiger partial charge in [0.1, 0.15) is 5.82 Å². The molecule has 3 rings (SSSR count). The molecule has 0 saturated heterocycles. The zero-order valence-electron chi connectivity index (χ0n) is 14.6. The predicted molar refractivity (Wildman–Crippen MR) is 96.3 cm³/mol. The molecule has 2 aromatic rings. The summed E-state index contributed by atoms with van der Waals surface area (Å²) in [6.07, 6.45) is 1.96. The fourth-order valence-corrected chi connectivity index (χ4v) is 3.01. The van der Waals surface area contributed by atoms with Gasteiger partial charge in [0.15, 0.2) is 11.6 Å². The van der Waals surface area contributed by atoms with Crippen LogP contribution < -0.4 is 11.5 Å². The maximum Gasteiger partial charge on any atom is 0.300 e. The minimum absolute atomic E-state index is 0.0776. The smallest absolute Gasteiger partial charge is 0.300 e. The summed E-state index contributed by atoms with van der Waals surface area (Å²) in [5.74, 6) is -0.156. The van der Waals surface area contributed by atoms with Gasteiger partial charge in [0.2, 0.25) is 5.91 Å². The summed E-state index contributed by atoms with van der Waals surface area (Å²) >= 11 is 6.19. The first-order chi connectivity index (χ1) is 12.7. The maximum atomic E-state index is 11.1. The number of amides is 1. The van der Waals surface area contributed by atoms with Crippen molar-refractivity contribution >= 4 is 23.5 Å². The van der Waals surface area contributed by atoms with E-state index < -0.39 is 18.0 Å². The largest absolute Gasteiger partial charge is 0.481 e. The lowest BCUT2D eigenvalue weighted by atomic mass is 10.1. The van der Waals surface area contributed by atoms with Crippen LogP contribution in [-0.4, -0.2) is 54.0 Å². The number of aliphatic carboxylic acids is 1. The van der Waals surface area contributed by atoms with E-state index in [0.717, 1.165) is 6.92 Å². The number of carbonyl (C=O) groups is 2. The van der Waals surface area contributed by atoms with E-state index in [-0.39, 0.29) is 18.4 Å². The summed E-state index contributed by atoms with van der Waals surface area (Å²) in [5.41, 5.74) is 11.1. The van der Waals surface area contributed by atoms with Crippen molar-refractivity contribution in [3.63, 3.8) is 0 Å². The topological polar surface area (TPSA) is 170 Å². The Bertz CT molecular complexity index is 813. The van der Waals surface area contributed by atoms with Crippen molar-refractivity contribution < 1.29 is 19.8 Å². The quantitative estimate of drug-likeness (QED) is 0.559. The normalized spacial score (nSPS) is 21.4. The van der Waals surface area contributed by atoms with Crippen LogP contribution in [0.5, 0.6) is 0 Å². The minimum Gasteiger partial charge on any atom is -0.481 e. The fraction of sp³-hybridized carbons (Fsp3) is 0.438. The van der Waals surface area contributed by atoms with Gasteiger partial charge in [-0.05, 0) is 25.0 Å². The van der Waals surface area contributed by atoms with Crippen LogP contribution in [0.3, 0.4) is 0 Å². The van der Waals surface area contributed by atoms with E-state index in [9.17, 15) is 9.90 Å². The average Bonchev–Trinajstić information content (AvgIpc) is 3.10. The molecule has 2 heterocycles. The lowest BCUT2D eigenvalue weighted by Crippen LogP contribution is -2.28. The van der Waals surface area contributed by atoms with Crippen molar-refractivity contribution in [2.45, 2.75) is 44.2 Å². The number of hydrogen-bond donors (Lipinski definition) is 4. The maximum absolute atomic E-state index is 11.1. The highest BCUT2D eigenvalue weighted by Crippen LogP contribution is 2.34. The number of hydrogen-bond acceptors (Lipinski definition) is 7. The van der Waals surface area contributed by atoms with Crippen molar-refractivity contribution in [1.82, 2.24) is 19.7 Å². The van der Waals surface area contributed by atoms with Gasteiger partial charge in [-0.1, -0.05) is 11.6 Å². The standard InChI is InChI=1S/C14H17ClN6O2.C2H4O2/c15-8-2-1-3-18-14(8)21-13(7-4-9(16)10(22)5-7)19-12(20-21)6-11(17)23;1-2(3)4/h1-3,7,9-10,22H,4-6,16H2,(H2,17,23);1H3,(H,3,4)/t7-,9+,10+;/m0./s1. The summed E-state index contributed by atoms with van der Waals surface area (Å²) in [6.45, 7) is 1.08. The lowest BCUT2D eigenvalue weighted by Gasteiger charge is -2.11. The van der Waals surface area contributed by atoms with Crippen LogP contribution in [0.2, 0.25) is 5.02 Å². The second-order valence-corrected chi connectivity index (χ2v) is 6.58. The first kappa shape index (κ1) is 20.7. The van der Waals surface area contributed by atoms with Gasteiger partial charge in [0.25, 0.3) is 5.97 Å². The molecular formula is C16H21ClN6O4. The SMILES string of the molecule is CC(=O)O.NC(=O)Cc1nc([C@H]2C[C@@H](N)[C@H](O)C2)n(-c2ncccc2Cl)n1. The third kappa shape index (κ3) is 5.46. The van der Waals surface area contributed by atoms with Gasteiger partial charge in [-0.3, -0.25) is 9.59 Å². The first-order valence-electron chi connectivity index (χ1n) is 8.17. The highest BCUT2D eigenvalue weighted by atomic mass is 35.5. The number of carboxylic acids is 1. The van der Waals surface area contributed by atoms with Crippen molar-refractivity contribution in [3.8, 4) is 5.82 Å². The van der Waals surface area contributed by atoms with E-state index in [1.54, 1.807) is 18.3 Å². The number of pyridine rings is 1. The van der Waals surface area contributed by atoms with Crippen molar-refractivity contribution in [2.75, 3.05) is 0 Å². The number of aliphatic hydroxyl groups is 1. The van der Waals surface area contributed by atoms with E-state index in [0.29, 0.717) is 35.3 Å². The van der Waals surface area contributed by atoms with Gasteiger partial charge in [-0.15, -0.1) is 5.10 Å². The van der Waals surface area contributed by atoms with Gasteiger partial charge in [0, 0.05) is 25.1 Å². The fourth-order valence-electron chi connectivity index (χ4n) is 2.81. The Labute approximate surface area is 160 Å². The number of rotatable bonds is 4. The van der Waals surface area contributed by atoms with Gasteiger partial charge < -0.3 is 21.7 Å². The predicted octanol–water partition coefficient (Wildman–Crippen LogP) is 0.00000000000000144. The van der Waals surface area contributed by atoms with E-state index >= 15 is 0 Å². The molecule has 0 aliphatic heterocycles. The molecule has 1 saturated carbocycles. The molecule has 0 bridgehead atoms. The molecule has 3 atom stereocenters. The van der Waals surface area contributed by atoms with E-state index in [4.69, 9.17) is 33.0 Å². The summed E-state index contributed by atoms with van der Waals surface area (Å²) < 4.78 is 1.51. The number of carbonyl (C=O) groups excluding carboxylic acids is 1. The lowest BCUT2D eigenvalue weighted by molar-refractivity contribution is -0.134. The van der Waals surface area contributed by atoms with Gasteiger partial charge >= 0.3 is 0 Å². The van der Waals surface area contributed by atoms with Gasteiger partial charge in [-0.2, -0.15) is 4.68 Å². The van der Waals surface area contributed by atoms with Gasteiger partial charge in [0.05, 0.1) is 17.5 Å². The van der Waals surface area contributed by atoms with Crippen LogP contribution in [0.1, 0.15) is 37.3 Å². The molecule has 1 aliphatic rings. The zero-order chi connectivity index (χ0) is 20.1. The minimum atomic E-state index is -0.833. The van der Waals surface area contributed by atoms with E-state index in [1.165, 1.54) is 4.68 Å². The third-order valence-corrected chi connectivity index (χ3v) is 4.19. The number of halogens is 1. The highest BCUT2D eigenvalue weighted by molar-refractivity contribution is 6.32. The zero-order valence-corrected chi connectivity index (χ0v) is 15.4. The molecule has 0 aromatic carbocycles. The highest BCUT2D eigenvalue weighted by Gasteiger charge is 2.35. The van der Waals surface area contributed by atoms with E-state index in [1.807, 2.05) is 0 Å². The monoisotopic (exact) mass is 396 g/mol. The number of aliphatic hydroxyl groups excluding tert-OH is 1. The number of nitrogens with zero attached hydrogens (tertiary/aromatic N) is 4. The Morgan fingerprint density at radius 2 is 2.07 bits per heavy atom. The van der Waals surface area contributed by atoms with Crippen LogP contribution in [0, 0.1) is 0 Å². The first-order valence-corrected chi connectivity index (χ1v) is 8.55. The Morgan fingerprint density at radius 1 is 1.41 bits per heavy atom. The summed E-state index contributed by atoms with van der Waals surface area (Å²) in [7, 11) is 0. The Balaban J connectivity index is 0.000000596. The number of carboxylic acid groups (broad SMARTS) is 1. The molecule has 0 unspecified atom stereocenters. The Morgan fingerprint density at radius 3 is 2.59 bits per heavy atom. The Kier molecular flexibility index (Phi) is 6.83. The summed E-state index contributed by atoms with van der Waals surface area (Å²) in [4.78, 5) is 28.8. The molecule has 2 aromatic heterocycles. The second-order valence-electron chi connectivity index (χ2n) is 6.17. The van der Waals surface area contributed by atoms with Crippen LogP contribution in [-0.2, 0) is 16.0 Å². The number of aromatic nitrogens is 4. The molecule has 27 heavy (non-hydrogen) atoms. The number of primary amides is 1. The Hall–Kier alpha value is -2.56. The van der Waals surface area contributed by atoms with E-state index in [2.05, 4.69) is 15.1 Å².